The summed E-state index contributed by atoms with van der Waals surface area (Å²) in [6, 6.07) is 29.1. The molecule has 3 aromatic heterocycles. The number of likely N-dealkylation sites (tertiary alicyclic amines) is 1. The van der Waals surface area contributed by atoms with Crippen LogP contribution in [0.25, 0.3) is 393 Å². The van der Waals surface area contributed by atoms with Crippen LogP contribution in [0.1, 0.15) is 164 Å². The van der Waals surface area contributed by atoms with Crippen molar-refractivity contribution in [3.63, 3.8) is 0 Å². The van der Waals surface area contributed by atoms with E-state index in [-0.39, 0.29) is 6.04 Å². The van der Waals surface area contributed by atoms with Crippen LogP contribution in [0.3, 0.4) is 0 Å². The number of fused-ring (bicyclic) bond motifs is 20. The van der Waals surface area contributed by atoms with Gasteiger partial charge in [-0.15, -0.1) is 0 Å². The fourth-order valence-electron chi connectivity index (χ4n) is 35.1. The monoisotopic (exact) mass is 1820 g/mol. The lowest BCUT2D eigenvalue weighted by atomic mass is 9.47. The van der Waals surface area contributed by atoms with Crippen molar-refractivity contribution in [2.24, 2.45) is 0 Å². The Kier molecular flexibility index (Phi) is 10.8. The van der Waals surface area contributed by atoms with Crippen molar-refractivity contribution in [1.82, 2.24) is 44.8 Å². The topological polar surface area (TPSA) is 168 Å². The average Bonchev–Trinajstić information content (AvgIpc) is 1.38. The number of aromatic amines is 2. The number of ether oxygens (including phenoxy) is 6. The zero-order valence-corrected chi connectivity index (χ0v) is 78.8. The van der Waals surface area contributed by atoms with Crippen LogP contribution in [0, 0.1) is 0 Å². The Bertz CT molecular complexity index is 11700. The molecule has 0 radical (unpaired) electrons. The summed E-state index contributed by atoms with van der Waals surface area (Å²) in [5, 5.41) is 91.1. The Labute approximate surface area is 801 Å². The normalized spacial score (nSPS) is 18.0. The van der Waals surface area contributed by atoms with Gasteiger partial charge in [0.2, 0.25) is 0 Å². The molecule has 0 amide bonds. The third kappa shape index (κ3) is 6.35. The van der Waals surface area contributed by atoms with Crippen LogP contribution in [0.2, 0.25) is 0 Å². The highest BCUT2D eigenvalue weighted by Gasteiger charge is 2.76. The summed E-state index contributed by atoms with van der Waals surface area (Å²) in [4.78, 5) is 44.2. The molecule has 2 N–H and O–H groups in total. The molecule has 142 heavy (non-hydrogen) atoms. The number of aromatic nitrogens is 8. The molecule has 36 aromatic rings. The smallest absolute Gasteiger partial charge is 0.164 e. The second kappa shape index (κ2) is 21.7. The van der Waals surface area contributed by atoms with E-state index in [1.165, 1.54) is 5.56 Å². The van der Waals surface area contributed by atoms with Crippen LogP contribution in [-0.4, -0.2) is 98.0 Å². The van der Waals surface area contributed by atoms with Gasteiger partial charge in [-0.2, -0.15) is 0 Å². The minimum absolute atomic E-state index is 0.00877. The van der Waals surface area contributed by atoms with Crippen LogP contribution in [0.5, 0.6) is 34.5 Å². The molecule has 1 saturated heterocycles. The summed E-state index contributed by atoms with van der Waals surface area (Å²) in [6.07, 6.45) is 15.7. The molecule has 1 atom stereocenters. The van der Waals surface area contributed by atoms with Crippen LogP contribution >= 0.6 is 0 Å². The summed E-state index contributed by atoms with van der Waals surface area (Å²) < 4.78 is 40.3. The molecule has 1 fully saturated rings. The van der Waals surface area contributed by atoms with Gasteiger partial charge in [0.25, 0.3) is 0 Å². The highest BCUT2D eigenvalue weighted by atomic mass is 16.5. The van der Waals surface area contributed by atoms with Crippen LogP contribution < -0.4 is 28.4 Å². The van der Waals surface area contributed by atoms with E-state index in [1.54, 1.807) is 313 Å². The first kappa shape index (κ1) is 70.9. The molecule has 4 aliphatic carbocycles. The molecule has 8 bridgehead atoms. The number of benzene rings is 23. The van der Waals surface area contributed by atoms with Crippen molar-refractivity contribution in [3.8, 4) is 80.0 Å². The van der Waals surface area contributed by atoms with E-state index in [0.29, 0.717) is 120 Å². The maximum absolute atomic E-state index is 6.76. The van der Waals surface area contributed by atoms with Gasteiger partial charge in [0, 0.05) is 56.4 Å². The number of nitrogens with one attached hydrogen (secondary N) is 2. The molecule has 3 aliphatic heterocycles. The molecular weight excluding hydrogens is 1750 g/mol. The van der Waals surface area contributed by atoms with Gasteiger partial charge in [0.15, 0.2) is 57.8 Å². The van der Waals surface area contributed by atoms with Crippen molar-refractivity contribution in [3.05, 3.63) is 118 Å². The Morgan fingerprint density at radius 1 is 0.261 bits per heavy atom. The number of rotatable bonds is 27. The van der Waals surface area contributed by atoms with Gasteiger partial charge in [-0.3, -0.25) is 4.90 Å². The second-order valence-electron chi connectivity index (χ2n) is 44.9. The van der Waals surface area contributed by atoms with Gasteiger partial charge in [-0.1, -0.05) is 123 Å². The zero-order valence-electron chi connectivity index (χ0n) is 78.8. The van der Waals surface area contributed by atoms with Crippen molar-refractivity contribution in [2.45, 2.75) is 135 Å². The molecule has 666 valence electrons. The summed E-state index contributed by atoms with van der Waals surface area (Å²) in [5.41, 5.74) is 14.8. The standard InChI is InChI=1S/C127H77N9O6/c1-8-14-28-137-53-35-47-48(36-54(53)138-29-15-9-2)122-131-120(47)129-118-45-27-24-43(34-46(45)119(128-118)130-121-49-37-55(139-30-16-10-3)56(140-31-17-11-4)38-50(49)123(132-121)134-125-52-40-58(142-33-19-13-6)57(141-32-18-12-5)39-51(52)124(133-122)135-125)21-20-42-22-25-44(26-23-42)117-127-115-109-103-93-81-73-65-61-59-60-63-67(65)75(81)85-79-71(63)72-64(60)68-66-62(59)70-69(61)77-83(73)91-97-87(77)88-78(70)84-74(66)82-76(68)86-80(72)90-89(79)101(95(85)103)111(115)112-102(90)96(86)104-94(82)100-92(84)98(88)106-105(97)113(107(109)99(91)93)126(127,41-136(117)7)114(106)108(100)110(104)116(112)127/h20-27,34-40,117H,8-19,28-33,41H2,1-7H3,(H2,128,129,130,131,132,133,134,135)/b21-20+. The zero-order chi connectivity index (χ0) is 91.0. The Hall–Kier alpha value is -15.6. The average molecular weight is 1830 g/mol. The Morgan fingerprint density at radius 2 is 0.486 bits per heavy atom. The number of nitrogens with zero attached hydrogens (tertiary/aromatic N) is 7. The summed E-state index contributed by atoms with van der Waals surface area (Å²) in [7, 11) is 2.58. The van der Waals surface area contributed by atoms with Gasteiger partial charge in [0.05, 0.1) is 50.5 Å². The lowest BCUT2D eigenvalue weighted by molar-refractivity contribution is 0.262. The van der Waals surface area contributed by atoms with E-state index < -0.39 is 10.8 Å². The molecule has 15 heteroatoms. The number of hydrogen-bond donors (Lipinski definition) is 2. The van der Waals surface area contributed by atoms with Gasteiger partial charge < -0.3 is 38.4 Å². The third-order valence-corrected chi connectivity index (χ3v) is 39.2. The SMILES string of the molecule is CCCCOc1cc2c(cc1OCCCC)-c1nc-2nc2[nH]c(nc3nc(nc4[nH]c(n1)c1cc(OCCCC)c(OCCCC)cc41)-c1cc(/C=C/c4ccc(C5N(C)CC67c8c9c%10c%11c%12c%13c(c%14c%15c6c6c8c8c%16c9c9c%10c%10c%12c%12c%17c%13c%13c%14c%14c%15c%15c6c6c8c8c%16c%16c9c9c%10c%12c%10c%12c%17c%13c%13c%14c%14c%15c6c6c8c8c%16c9c%10c9c%12c%13c%14c6c89)C%1157)cc4)ccc1-3)c1cc(OCCCC)c(OCCCC)cc21. The minimum atomic E-state index is -0.486. The highest BCUT2D eigenvalue weighted by Crippen LogP contribution is 2.87. The molecule has 0 saturated carbocycles. The largest absolute Gasteiger partial charge is 0.490 e. The lowest BCUT2D eigenvalue weighted by Gasteiger charge is -2.52. The van der Waals surface area contributed by atoms with Crippen LogP contribution in [0.4, 0.5) is 0 Å². The van der Waals surface area contributed by atoms with Gasteiger partial charge in [-0.05, 0) is 424 Å². The predicted octanol–water partition coefficient (Wildman–Crippen LogP) is 32.4. The summed E-state index contributed by atoms with van der Waals surface area (Å²) in [6.45, 7) is 17.2. The fraction of sp³-hybridized carbons (Fsp3) is 0.228. The van der Waals surface area contributed by atoms with Crippen LogP contribution in [-0.2, 0) is 10.8 Å². The molecule has 15 nitrogen and oxygen atoms in total. The van der Waals surface area contributed by atoms with Gasteiger partial charge >= 0.3 is 0 Å². The van der Waals surface area contributed by atoms with Crippen molar-refractivity contribution < 1.29 is 28.4 Å². The van der Waals surface area contributed by atoms with Crippen molar-refractivity contribution >= 4 is 347 Å². The predicted molar refractivity (Wildman–Crippen MR) is 583 cm³/mol. The summed E-state index contributed by atoms with van der Waals surface area (Å²) >= 11 is 0. The second-order valence-corrected chi connectivity index (χ2v) is 44.9. The van der Waals surface area contributed by atoms with Crippen molar-refractivity contribution in [1.29, 1.82) is 0 Å². The fourth-order valence-corrected chi connectivity index (χ4v) is 35.1. The third-order valence-electron chi connectivity index (χ3n) is 39.2. The highest BCUT2D eigenvalue weighted by molar-refractivity contribution is 6.82. The first-order valence-electron chi connectivity index (χ1n) is 52.8. The van der Waals surface area contributed by atoms with E-state index in [0.717, 1.165) is 139 Å². The van der Waals surface area contributed by atoms with E-state index >= 15 is 0 Å². The van der Waals surface area contributed by atoms with Gasteiger partial charge in [0.1, 0.15) is 22.6 Å². The Morgan fingerprint density at radius 3 is 0.754 bits per heavy atom. The first-order chi connectivity index (χ1) is 70.2. The molecule has 2 spiro atoms. The maximum atomic E-state index is 6.76. The lowest BCUT2D eigenvalue weighted by Crippen LogP contribution is -2.51. The number of likely N-dealkylation sites (N-methyl/N-ethyl adjacent to an activating group) is 1. The molecule has 43 rings (SSSR count). The van der Waals surface area contributed by atoms with E-state index in [9.17, 15) is 0 Å². The maximum Gasteiger partial charge on any atom is 0.164 e. The number of unbranched alkanes of at least 4 members (excludes halogenated alkanes) is 6. The molecule has 1 unspecified atom stereocenters. The first-order valence-corrected chi connectivity index (χ1v) is 52.8. The molecule has 7 aliphatic rings. The Balaban J connectivity index is 0.530. The number of hydrogen-bond acceptors (Lipinski definition) is 13. The van der Waals surface area contributed by atoms with Crippen LogP contribution in [0.15, 0.2) is 78.9 Å². The van der Waals surface area contributed by atoms with E-state index in [1.807, 2.05) is 12.1 Å². The molecule has 6 heterocycles. The van der Waals surface area contributed by atoms with E-state index in [2.05, 4.69) is 142 Å². The summed E-state index contributed by atoms with van der Waals surface area (Å²) in [5.74, 6) is 5.68. The molecule has 33 aromatic carbocycles. The molecular formula is C127H77N9O6. The van der Waals surface area contributed by atoms with Gasteiger partial charge in [-0.25, -0.2) is 29.9 Å². The minimum Gasteiger partial charge on any atom is -0.490 e. The quantitative estimate of drug-likeness (QED) is 0.0284. The van der Waals surface area contributed by atoms with Crippen molar-refractivity contribution in [2.75, 3.05) is 53.2 Å². The number of H-pyrrole nitrogens is 2. The van der Waals surface area contributed by atoms with E-state index in [4.69, 9.17) is 58.3 Å².